The molecule has 0 saturated heterocycles. The number of halogens is 1. The van der Waals surface area contributed by atoms with Gasteiger partial charge in [0, 0.05) is 5.56 Å². The van der Waals surface area contributed by atoms with E-state index in [1.807, 2.05) is 42.5 Å². The Bertz CT molecular complexity index is 1480. The van der Waals surface area contributed by atoms with Crippen LogP contribution in [0.1, 0.15) is 0 Å². The Labute approximate surface area is 179 Å². The van der Waals surface area contributed by atoms with E-state index < -0.39 is 17.3 Å². The predicted molar refractivity (Wildman–Crippen MR) is 120 cm³/mol. The first-order valence-electron chi connectivity index (χ1n) is 9.48. The Balaban J connectivity index is 1.43. The molecule has 5 rings (SSSR count). The summed E-state index contributed by atoms with van der Waals surface area (Å²) in [5, 5.41) is 3.77. The Morgan fingerprint density at radius 3 is 2.71 bits per heavy atom. The van der Waals surface area contributed by atoms with Gasteiger partial charge in [-0.1, -0.05) is 24.3 Å². The van der Waals surface area contributed by atoms with Crippen LogP contribution in [0.4, 0.5) is 10.1 Å². The monoisotopic (exact) mass is 430 g/mol. The zero-order chi connectivity index (χ0) is 21.4. The second-order valence-corrected chi connectivity index (χ2v) is 7.95. The molecule has 0 aliphatic heterocycles. The summed E-state index contributed by atoms with van der Waals surface area (Å²) in [6, 6.07) is 19.0. The van der Waals surface area contributed by atoms with Crippen molar-refractivity contribution >= 4 is 44.1 Å². The van der Waals surface area contributed by atoms with Crippen molar-refractivity contribution in [3.05, 3.63) is 89.2 Å². The molecule has 0 spiro atoms. The van der Waals surface area contributed by atoms with Crippen molar-refractivity contribution in [2.75, 3.05) is 5.32 Å². The smallest absolute Gasteiger partial charge is 0.261 e. The quantitative estimate of drug-likeness (QED) is 0.457. The Hall–Kier alpha value is -3.91. The van der Waals surface area contributed by atoms with Gasteiger partial charge in [-0.25, -0.2) is 14.4 Å². The van der Waals surface area contributed by atoms with E-state index in [2.05, 4.69) is 15.3 Å². The SMILES string of the molecule is O=C(Cn1cnc2ccc(F)cc2c1=O)Nc1ccccc1-c1nc2ccccc2s1. The summed E-state index contributed by atoms with van der Waals surface area (Å²) >= 11 is 1.54. The van der Waals surface area contributed by atoms with Crippen molar-refractivity contribution in [1.82, 2.24) is 14.5 Å². The fourth-order valence-electron chi connectivity index (χ4n) is 3.35. The maximum atomic E-state index is 13.5. The van der Waals surface area contributed by atoms with Crippen LogP contribution in [0.25, 0.3) is 31.7 Å². The van der Waals surface area contributed by atoms with Gasteiger partial charge in [0.2, 0.25) is 5.91 Å². The predicted octanol–water partition coefficient (Wildman–Crippen LogP) is 4.45. The molecular formula is C23H15FN4O2S. The molecule has 0 unspecified atom stereocenters. The van der Waals surface area contributed by atoms with Crippen molar-refractivity contribution in [3.63, 3.8) is 0 Å². The number of hydrogen-bond acceptors (Lipinski definition) is 5. The highest BCUT2D eigenvalue weighted by Gasteiger charge is 2.14. The molecule has 0 saturated carbocycles. The second kappa shape index (κ2) is 7.73. The van der Waals surface area contributed by atoms with Gasteiger partial charge in [-0.15, -0.1) is 11.3 Å². The lowest BCUT2D eigenvalue weighted by atomic mass is 10.2. The zero-order valence-electron chi connectivity index (χ0n) is 16.1. The molecule has 2 heterocycles. The number of anilines is 1. The molecule has 0 aliphatic rings. The van der Waals surface area contributed by atoms with Crippen LogP contribution in [0.2, 0.25) is 0 Å². The number of para-hydroxylation sites is 2. The highest BCUT2D eigenvalue weighted by Crippen LogP contribution is 2.34. The van der Waals surface area contributed by atoms with Crippen molar-refractivity contribution < 1.29 is 9.18 Å². The number of nitrogens with zero attached hydrogens (tertiary/aromatic N) is 3. The molecule has 8 heteroatoms. The number of nitrogens with one attached hydrogen (secondary N) is 1. The summed E-state index contributed by atoms with van der Waals surface area (Å²) in [5.74, 6) is -0.924. The Morgan fingerprint density at radius 2 is 1.84 bits per heavy atom. The summed E-state index contributed by atoms with van der Waals surface area (Å²) < 4.78 is 15.7. The molecule has 0 fully saturated rings. The van der Waals surface area contributed by atoms with E-state index in [1.54, 1.807) is 6.07 Å². The molecule has 0 aliphatic carbocycles. The summed E-state index contributed by atoms with van der Waals surface area (Å²) in [6.07, 6.45) is 1.29. The van der Waals surface area contributed by atoms with Gasteiger partial charge in [0.1, 0.15) is 17.4 Å². The molecule has 1 N–H and O–H groups in total. The summed E-state index contributed by atoms with van der Waals surface area (Å²) in [4.78, 5) is 34.1. The molecule has 0 bridgehead atoms. The van der Waals surface area contributed by atoms with E-state index in [0.29, 0.717) is 11.2 Å². The number of carbonyl (C=O) groups excluding carboxylic acids is 1. The van der Waals surface area contributed by atoms with Crippen LogP contribution in [-0.2, 0) is 11.3 Å². The van der Waals surface area contributed by atoms with Crippen molar-refractivity contribution in [2.24, 2.45) is 0 Å². The van der Waals surface area contributed by atoms with E-state index in [1.165, 1.54) is 29.8 Å². The summed E-state index contributed by atoms with van der Waals surface area (Å²) in [5.41, 5.74) is 2.19. The first-order valence-corrected chi connectivity index (χ1v) is 10.3. The summed E-state index contributed by atoms with van der Waals surface area (Å²) in [7, 11) is 0. The number of thiazole rings is 1. The third kappa shape index (κ3) is 3.69. The van der Waals surface area contributed by atoms with Gasteiger partial charge in [0.05, 0.1) is 33.1 Å². The topological polar surface area (TPSA) is 76.9 Å². The molecule has 0 radical (unpaired) electrons. The number of amides is 1. The van der Waals surface area contributed by atoms with Gasteiger partial charge < -0.3 is 5.32 Å². The highest BCUT2D eigenvalue weighted by molar-refractivity contribution is 7.21. The third-order valence-electron chi connectivity index (χ3n) is 4.83. The van der Waals surface area contributed by atoms with E-state index in [4.69, 9.17) is 0 Å². The molecule has 3 aromatic carbocycles. The highest BCUT2D eigenvalue weighted by atomic mass is 32.1. The largest absolute Gasteiger partial charge is 0.324 e. The Kier molecular flexibility index (Phi) is 4.76. The van der Waals surface area contributed by atoms with E-state index in [-0.39, 0.29) is 11.9 Å². The first-order chi connectivity index (χ1) is 15.1. The maximum Gasteiger partial charge on any atom is 0.261 e. The van der Waals surface area contributed by atoms with Crippen molar-refractivity contribution in [1.29, 1.82) is 0 Å². The molecule has 2 aromatic heterocycles. The standard InChI is InChI=1S/C23H15FN4O2S/c24-14-9-10-17-16(11-14)23(30)28(13-25-17)12-21(29)26-18-6-2-1-5-15(18)22-27-19-7-3-4-8-20(19)31-22/h1-11,13H,12H2,(H,26,29). The number of benzene rings is 3. The molecule has 6 nitrogen and oxygen atoms in total. The van der Waals surface area contributed by atoms with E-state index in [9.17, 15) is 14.0 Å². The van der Waals surface area contributed by atoms with Gasteiger partial charge in [0.25, 0.3) is 5.56 Å². The molecule has 152 valence electrons. The second-order valence-electron chi connectivity index (χ2n) is 6.92. The van der Waals surface area contributed by atoms with Gasteiger partial charge in [0.15, 0.2) is 0 Å². The van der Waals surface area contributed by atoms with Crippen LogP contribution in [-0.4, -0.2) is 20.4 Å². The average molecular weight is 430 g/mol. The maximum absolute atomic E-state index is 13.5. The number of aromatic nitrogens is 3. The van der Waals surface area contributed by atoms with E-state index >= 15 is 0 Å². The molecule has 31 heavy (non-hydrogen) atoms. The van der Waals surface area contributed by atoms with Gasteiger partial charge >= 0.3 is 0 Å². The Morgan fingerprint density at radius 1 is 1.03 bits per heavy atom. The average Bonchev–Trinajstić information content (AvgIpc) is 3.20. The molecule has 1 amide bonds. The van der Waals surface area contributed by atoms with Crippen LogP contribution in [0.15, 0.2) is 77.9 Å². The third-order valence-corrected chi connectivity index (χ3v) is 5.90. The molecule has 0 atom stereocenters. The minimum Gasteiger partial charge on any atom is -0.324 e. The molecule has 5 aromatic rings. The van der Waals surface area contributed by atoms with Crippen LogP contribution >= 0.6 is 11.3 Å². The fourth-order valence-corrected chi connectivity index (χ4v) is 4.36. The van der Waals surface area contributed by atoms with E-state index in [0.717, 1.165) is 31.4 Å². The lowest BCUT2D eigenvalue weighted by molar-refractivity contribution is -0.116. The lowest BCUT2D eigenvalue weighted by Crippen LogP contribution is -2.28. The number of carbonyl (C=O) groups is 1. The lowest BCUT2D eigenvalue weighted by Gasteiger charge is -2.11. The number of fused-ring (bicyclic) bond motifs is 2. The van der Waals surface area contributed by atoms with Crippen LogP contribution in [0.5, 0.6) is 0 Å². The fraction of sp³-hybridized carbons (Fsp3) is 0.0435. The normalized spacial score (nSPS) is 11.1. The summed E-state index contributed by atoms with van der Waals surface area (Å²) in [6.45, 7) is -0.244. The van der Waals surface area contributed by atoms with Crippen molar-refractivity contribution in [3.8, 4) is 10.6 Å². The minimum absolute atomic E-state index is 0.130. The zero-order valence-corrected chi connectivity index (χ0v) is 16.9. The first kappa shape index (κ1) is 19.1. The van der Waals surface area contributed by atoms with Crippen molar-refractivity contribution in [2.45, 2.75) is 6.54 Å². The molecular weight excluding hydrogens is 415 g/mol. The number of rotatable bonds is 4. The van der Waals surface area contributed by atoms with Gasteiger partial charge in [-0.3, -0.25) is 14.2 Å². The van der Waals surface area contributed by atoms with Gasteiger partial charge in [-0.05, 0) is 42.5 Å². The van der Waals surface area contributed by atoms with Crippen LogP contribution in [0.3, 0.4) is 0 Å². The van der Waals surface area contributed by atoms with Gasteiger partial charge in [-0.2, -0.15) is 0 Å². The number of hydrogen-bond donors (Lipinski definition) is 1. The van der Waals surface area contributed by atoms with Crippen LogP contribution in [0, 0.1) is 5.82 Å². The van der Waals surface area contributed by atoms with Crippen LogP contribution < -0.4 is 10.9 Å². The minimum atomic E-state index is -0.529.